The van der Waals surface area contributed by atoms with Crippen molar-refractivity contribution in [3.63, 3.8) is 0 Å². The molecule has 2 heteroatoms. The lowest BCUT2D eigenvalue weighted by Crippen LogP contribution is -1.90. The van der Waals surface area contributed by atoms with Gasteiger partial charge in [-0.2, -0.15) is 0 Å². The highest BCUT2D eigenvalue weighted by Crippen LogP contribution is 2.13. The van der Waals surface area contributed by atoms with Crippen LogP contribution in [0.25, 0.3) is 12.2 Å². The Hall–Kier alpha value is -2.32. The van der Waals surface area contributed by atoms with Crippen LogP contribution in [0.5, 0.6) is 5.75 Å². The minimum Gasteiger partial charge on any atom is -0.497 e. The molecule has 2 nitrogen and oxygen atoms in total. The van der Waals surface area contributed by atoms with Crippen LogP contribution >= 0.6 is 0 Å². The van der Waals surface area contributed by atoms with Gasteiger partial charge in [0.2, 0.25) is 0 Å². The third kappa shape index (κ3) is 5.67. The fourth-order valence-corrected chi connectivity index (χ4v) is 1.88. The lowest BCUT2D eigenvalue weighted by atomic mass is 10.2. The second-order valence-corrected chi connectivity index (χ2v) is 4.53. The highest BCUT2D eigenvalue weighted by Gasteiger charge is 1.90. The van der Waals surface area contributed by atoms with Crippen molar-refractivity contribution in [2.75, 3.05) is 20.3 Å². The van der Waals surface area contributed by atoms with Crippen molar-refractivity contribution in [2.24, 2.45) is 0 Å². The molecule has 0 aliphatic rings. The van der Waals surface area contributed by atoms with E-state index in [1.807, 2.05) is 60.7 Å². The van der Waals surface area contributed by atoms with Crippen LogP contribution in [-0.2, 0) is 4.74 Å². The molecule has 0 aliphatic heterocycles. The van der Waals surface area contributed by atoms with E-state index in [1.54, 1.807) is 7.11 Å². The van der Waals surface area contributed by atoms with Gasteiger partial charge in [0.1, 0.15) is 5.75 Å². The summed E-state index contributed by atoms with van der Waals surface area (Å²) in [6, 6.07) is 18.1. The Bertz CT molecular complexity index is 586. The van der Waals surface area contributed by atoms with E-state index in [0.29, 0.717) is 13.2 Å². The van der Waals surface area contributed by atoms with Crippen molar-refractivity contribution in [3.05, 3.63) is 77.9 Å². The molecule has 0 aliphatic carbocycles. The molecule has 108 valence electrons. The molecule has 0 amide bonds. The van der Waals surface area contributed by atoms with Gasteiger partial charge in [-0.1, -0.05) is 66.8 Å². The van der Waals surface area contributed by atoms with Gasteiger partial charge >= 0.3 is 0 Å². The van der Waals surface area contributed by atoms with Gasteiger partial charge in [0.25, 0.3) is 0 Å². The minimum atomic E-state index is 0.594. The number of hydrogen-bond acceptors (Lipinski definition) is 2. The topological polar surface area (TPSA) is 18.5 Å². The monoisotopic (exact) mass is 280 g/mol. The molecule has 0 aromatic heterocycles. The highest BCUT2D eigenvalue weighted by atomic mass is 16.5. The van der Waals surface area contributed by atoms with Gasteiger partial charge in [-0.15, -0.1) is 0 Å². The molecule has 0 N–H and O–H groups in total. The van der Waals surface area contributed by atoms with Crippen LogP contribution in [0.2, 0.25) is 0 Å². The zero-order valence-corrected chi connectivity index (χ0v) is 12.2. The van der Waals surface area contributed by atoms with Crippen molar-refractivity contribution in [1.82, 2.24) is 0 Å². The summed E-state index contributed by atoms with van der Waals surface area (Å²) in [7, 11) is 1.67. The van der Waals surface area contributed by atoms with Crippen molar-refractivity contribution < 1.29 is 9.47 Å². The Balaban J connectivity index is 1.69. The van der Waals surface area contributed by atoms with Gasteiger partial charge in [0.05, 0.1) is 20.3 Å². The zero-order valence-electron chi connectivity index (χ0n) is 12.2. The molecule has 0 heterocycles. The van der Waals surface area contributed by atoms with Crippen molar-refractivity contribution >= 4 is 12.2 Å². The third-order valence-corrected chi connectivity index (χ3v) is 2.94. The maximum atomic E-state index is 5.53. The fourth-order valence-electron chi connectivity index (χ4n) is 1.88. The summed E-state index contributed by atoms with van der Waals surface area (Å²) in [5.74, 6) is 0.865. The highest BCUT2D eigenvalue weighted by molar-refractivity contribution is 5.51. The Kier molecular flexibility index (Phi) is 6.30. The quantitative estimate of drug-likeness (QED) is 0.698. The summed E-state index contributed by atoms with van der Waals surface area (Å²) in [4.78, 5) is 0. The number of benzene rings is 2. The Labute approximate surface area is 126 Å². The largest absolute Gasteiger partial charge is 0.497 e. The lowest BCUT2D eigenvalue weighted by molar-refractivity contribution is 0.195. The lowest BCUT2D eigenvalue weighted by Gasteiger charge is -2.00. The van der Waals surface area contributed by atoms with Crippen molar-refractivity contribution in [2.45, 2.75) is 0 Å². The third-order valence-electron chi connectivity index (χ3n) is 2.94. The molecule has 2 aromatic rings. The van der Waals surface area contributed by atoms with E-state index in [1.165, 1.54) is 5.56 Å². The first kappa shape index (κ1) is 15.1. The van der Waals surface area contributed by atoms with Gasteiger partial charge in [-0.25, -0.2) is 0 Å². The van der Waals surface area contributed by atoms with Crippen LogP contribution < -0.4 is 4.74 Å². The summed E-state index contributed by atoms with van der Waals surface area (Å²) < 4.78 is 10.7. The SMILES string of the molecule is COc1cccc(/C=C/COC/C=C/c2ccccc2)c1. The number of rotatable bonds is 7. The van der Waals surface area contributed by atoms with E-state index in [-0.39, 0.29) is 0 Å². The summed E-state index contributed by atoms with van der Waals surface area (Å²) >= 11 is 0. The van der Waals surface area contributed by atoms with E-state index in [4.69, 9.17) is 9.47 Å². The van der Waals surface area contributed by atoms with Crippen molar-refractivity contribution in [3.8, 4) is 5.75 Å². The number of ether oxygens (including phenoxy) is 2. The molecule has 0 unspecified atom stereocenters. The van der Waals surface area contributed by atoms with E-state index in [2.05, 4.69) is 18.2 Å². The minimum absolute atomic E-state index is 0.594. The summed E-state index contributed by atoms with van der Waals surface area (Å²) in [6.45, 7) is 1.20. The molecule has 0 saturated heterocycles. The van der Waals surface area contributed by atoms with Crippen LogP contribution in [0.15, 0.2) is 66.7 Å². The summed E-state index contributed by atoms with van der Waals surface area (Å²) in [5, 5.41) is 0. The average Bonchev–Trinajstić information content (AvgIpc) is 2.55. The van der Waals surface area contributed by atoms with Gasteiger partial charge in [-0.3, -0.25) is 0 Å². The molecule has 0 radical (unpaired) electrons. The van der Waals surface area contributed by atoms with Gasteiger partial charge < -0.3 is 9.47 Å². The molecular weight excluding hydrogens is 260 g/mol. The van der Waals surface area contributed by atoms with Gasteiger partial charge in [-0.05, 0) is 23.3 Å². The average molecular weight is 280 g/mol. The first-order chi connectivity index (χ1) is 10.4. The van der Waals surface area contributed by atoms with E-state index in [9.17, 15) is 0 Å². The second-order valence-electron chi connectivity index (χ2n) is 4.53. The molecule has 0 spiro atoms. The summed E-state index contributed by atoms with van der Waals surface area (Å²) in [6.07, 6.45) is 8.12. The molecule has 21 heavy (non-hydrogen) atoms. The molecule has 0 saturated carbocycles. The Morgan fingerprint density at radius 1 is 0.810 bits per heavy atom. The molecule has 2 aromatic carbocycles. The fraction of sp³-hybridized carbons (Fsp3) is 0.158. The predicted molar refractivity (Wildman–Crippen MR) is 88.3 cm³/mol. The van der Waals surface area contributed by atoms with E-state index < -0.39 is 0 Å². The van der Waals surface area contributed by atoms with Crippen LogP contribution in [0.1, 0.15) is 11.1 Å². The Morgan fingerprint density at radius 2 is 1.48 bits per heavy atom. The number of hydrogen-bond donors (Lipinski definition) is 0. The maximum absolute atomic E-state index is 5.53. The normalized spacial score (nSPS) is 11.3. The van der Waals surface area contributed by atoms with E-state index in [0.717, 1.165) is 11.3 Å². The smallest absolute Gasteiger partial charge is 0.119 e. The Morgan fingerprint density at radius 3 is 2.19 bits per heavy atom. The second kappa shape index (κ2) is 8.77. The van der Waals surface area contributed by atoms with Gasteiger partial charge in [0.15, 0.2) is 0 Å². The molecule has 0 bridgehead atoms. The summed E-state index contributed by atoms with van der Waals surface area (Å²) in [5.41, 5.74) is 2.30. The van der Waals surface area contributed by atoms with Crippen LogP contribution in [0.3, 0.4) is 0 Å². The number of methoxy groups -OCH3 is 1. The maximum Gasteiger partial charge on any atom is 0.119 e. The van der Waals surface area contributed by atoms with Crippen LogP contribution in [0.4, 0.5) is 0 Å². The zero-order chi connectivity index (χ0) is 14.8. The van der Waals surface area contributed by atoms with Gasteiger partial charge in [0, 0.05) is 0 Å². The molecule has 0 fully saturated rings. The first-order valence-corrected chi connectivity index (χ1v) is 6.98. The predicted octanol–water partition coefficient (Wildman–Crippen LogP) is 4.44. The van der Waals surface area contributed by atoms with Crippen molar-refractivity contribution in [1.29, 1.82) is 0 Å². The molecule has 0 atom stereocenters. The standard InChI is InChI=1S/C19H20O2/c1-20-19-13-5-10-18(16-19)12-7-15-21-14-6-11-17-8-3-2-4-9-17/h2-13,16H,14-15H2,1H3/b11-6+,12-7+. The molecular formula is C19H20O2. The van der Waals surface area contributed by atoms with Crippen LogP contribution in [0, 0.1) is 0 Å². The molecule has 2 rings (SSSR count). The van der Waals surface area contributed by atoms with E-state index >= 15 is 0 Å². The van der Waals surface area contributed by atoms with Crippen LogP contribution in [-0.4, -0.2) is 20.3 Å². The first-order valence-electron chi connectivity index (χ1n) is 6.98.